The largest absolute Gasteiger partial charge is 0.478 e. The molecule has 1 heterocycles. The number of ether oxygens (including phenoxy) is 1. The smallest absolute Gasteiger partial charge is 0.430 e. The summed E-state index contributed by atoms with van der Waals surface area (Å²) in [7, 11) is 0. The number of benzene rings is 1. The van der Waals surface area contributed by atoms with Gasteiger partial charge in [0.15, 0.2) is 0 Å². The van der Waals surface area contributed by atoms with Crippen LogP contribution in [0.5, 0.6) is 5.75 Å². The van der Waals surface area contributed by atoms with E-state index in [2.05, 4.69) is 0 Å². The molecular weight excluding hydrogens is 261 g/mol. The van der Waals surface area contributed by atoms with Crippen LogP contribution in [-0.4, -0.2) is 23.4 Å². The van der Waals surface area contributed by atoms with E-state index in [0.717, 1.165) is 11.6 Å². The molecule has 0 aromatic heterocycles. The summed E-state index contributed by atoms with van der Waals surface area (Å²) in [6, 6.07) is 4.72. The molecule has 1 aliphatic heterocycles. The maximum absolute atomic E-state index is 12.8. The zero-order chi connectivity index (χ0) is 14.2. The van der Waals surface area contributed by atoms with Gasteiger partial charge >= 0.3 is 12.1 Å². The maximum Gasteiger partial charge on any atom is 0.430 e. The molecule has 2 rings (SSSR count). The van der Waals surface area contributed by atoms with Crippen LogP contribution in [0.2, 0.25) is 0 Å². The Morgan fingerprint density at radius 3 is 2.63 bits per heavy atom. The molecule has 1 aromatic carbocycles. The molecular formula is C13H11F3O3. The van der Waals surface area contributed by atoms with Gasteiger partial charge in [-0.15, -0.1) is 0 Å². The van der Waals surface area contributed by atoms with Crippen LogP contribution in [0.1, 0.15) is 18.1 Å². The van der Waals surface area contributed by atoms with E-state index in [0.29, 0.717) is 12.0 Å². The summed E-state index contributed by atoms with van der Waals surface area (Å²) in [5.74, 6) is -1.58. The van der Waals surface area contributed by atoms with Crippen molar-refractivity contribution in [1.29, 1.82) is 0 Å². The number of aryl methyl sites for hydroxylation is 1. The number of carboxylic acid groups (broad SMARTS) is 1. The van der Waals surface area contributed by atoms with Crippen molar-refractivity contribution in [3.63, 3.8) is 0 Å². The first-order valence-electron chi connectivity index (χ1n) is 5.64. The lowest BCUT2D eigenvalue weighted by Gasteiger charge is -2.27. The molecule has 0 fully saturated rings. The predicted octanol–water partition coefficient (Wildman–Crippen LogP) is 3.04. The van der Waals surface area contributed by atoms with Crippen molar-refractivity contribution >= 4 is 12.0 Å². The monoisotopic (exact) mass is 272 g/mol. The van der Waals surface area contributed by atoms with Crippen molar-refractivity contribution in [1.82, 2.24) is 0 Å². The summed E-state index contributed by atoms with van der Waals surface area (Å²) in [4.78, 5) is 10.9. The van der Waals surface area contributed by atoms with Gasteiger partial charge in [0.25, 0.3) is 0 Å². The number of carbonyl (C=O) groups is 1. The lowest BCUT2D eigenvalue weighted by molar-refractivity contribution is -0.187. The van der Waals surface area contributed by atoms with Gasteiger partial charge in [-0.1, -0.05) is 13.0 Å². The van der Waals surface area contributed by atoms with Crippen molar-refractivity contribution in [2.45, 2.75) is 25.6 Å². The van der Waals surface area contributed by atoms with Gasteiger partial charge in [0.2, 0.25) is 6.10 Å². The fourth-order valence-electron chi connectivity index (χ4n) is 1.89. The molecule has 0 amide bonds. The average molecular weight is 272 g/mol. The van der Waals surface area contributed by atoms with Gasteiger partial charge in [0.05, 0.1) is 5.57 Å². The predicted molar refractivity (Wildman–Crippen MR) is 61.9 cm³/mol. The fourth-order valence-corrected chi connectivity index (χ4v) is 1.89. The Labute approximate surface area is 107 Å². The highest BCUT2D eigenvalue weighted by molar-refractivity contribution is 5.95. The van der Waals surface area contributed by atoms with Crippen LogP contribution in [0.25, 0.3) is 6.08 Å². The summed E-state index contributed by atoms with van der Waals surface area (Å²) < 4.78 is 43.1. The Bertz CT molecular complexity index is 547. The molecule has 102 valence electrons. The third-order valence-electron chi connectivity index (χ3n) is 2.86. The van der Waals surface area contributed by atoms with Crippen LogP contribution in [0.4, 0.5) is 13.2 Å². The molecule has 0 spiro atoms. The zero-order valence-electron chi connectivity index (χ0n) is 9.99. The number of hydrogen-bond donors (Lipinski definition) is 1. The van der Waals surface area contributed by atoms with Crippen LogP contribution in [-0.2, 0) is 11.2 Å². The number of carboxylic acids is 1. The Morgan fingerprint density at radius 2 is 2.11 bits per heavy atom. The number of halogens is 3. The zero-order valence-corrected chi connectivity index (χ0v) is 9.99. The highest BCUT2D eigenvalue weighted by Crippen LogP contribution is 2.37. The van der Waals surface area contributed by atoms with E-state index < -0.39 is 23.8 Å². The first kappa shape index (κ1) is 13.5. The second kappa shape index (κ2) is 4.60. The van der Waals surface area contributed by atoms with E-state index in [9.17, 15) is 18.0 Å². The molecule has 0 saturated carbocycles. The molecule has 1 N–H and O–H groups in total. The minimum absolute atomic E-state index is 0.0459. The second-order valence-electron chi connectivity index (χ2n) is 4.17. The summed E-state index contributed by atoms with van der Waals surface area (Å²) >= 11 is 0. The standard InChI is InChI=1S/C13H11F3O3/c1-2-7-3-4-10-8(5-7)6-9(12(17)18)11(19-10)13(14,15)16/h3-6,11H,2H2,1H3,(H,17,18)/t11-/m1/s1. The molecule has 0 bridgehead atoms. The molecule has 1 atom stereocenters. The van der Waals surface area contributed by atoms with Crippen LogP contribution in [0, 0.1) is 0 Å². The molecule has 1 aliphatic rings. The van der Waals surface area contributed by atoms with Crippen molar-refractivity contribution in [3.8, 4) is 5.75 Å². The van der Waals surface area contributed by atoms with Crippen LogP contribution in [0.15, 0.2) is 23.8 Å². The van der Waals surface area contributed by atoms with Gasteiger partial charge < -0.3 is 9.84 Å². The first-order valence-corrected chi connectivity index (χ1v) is 5.64. The summed E-state index contributed by atoms with van der Waals surface area (Å²) in [5.41, 5.74) is 0.458. The van der Waals surface area contributed by atoms with Gasteiger partial charge in [-0.3, -0.25) is 0 Å². The van der Waals surface area contributed by atoms with Crippen LogP contribution in [0.3, 0.4) is 0 Å². The Balaban J connectivity index is 2.51. The van der Waals surface area contributed by atoms with E-state index in [1.807, 2.05) is 6.92 Å². The van der Waals surface area contributed by atoms with E-state index in [1.165, 1.54) is 6.07 Å². The van der Waals surface area contributed by atoms with Gasteiger partial charge in [0, 0.05) is 5.56 Å². The molecule has 1 aromatic rings. The highest BCUT2D eigenvalue weighted by atomic mass is 19.4. The second-order valence-corrected chi connectivity index (χ2v) is 4.17. The number of hydrogen-bond acceptors (Lipinski definition) is 2. The molecule has 0 radical (unpaired) electrons. The molecule has 19 heavy (non-hydrogen) atoms. The number of alkyl halides is 3. The van der Waals surface area contributed by atoms with Gasteiger partial charge in [-0.2, -0.15) is 13.2 Å². The normalized spacial score (nSPS) is 18.3. The lowest BCUT2D eigenvalue weighted by Crippen LogP contribution is -2.40. The Hall–Kier alpha value is -1.98. The number of fused-ring (bicyclic) bond motifs is 1. The van der Waals surface area contributed by atoms with E-state index in [4.69, 9.17) is 9.84 Å². The summed E-state index contributed by atoms with van der Waals surface area (Å²) in [6.45, 7) is 1.89. The van der Waals surface area contributed by atoms with Crippen molar-refractivity contribution < 1.29 is 27.8 Å². The van der Waals surface area contributed by atoms with Crippen molar-refractivity contribution in [2.24, 2.45) is 0 Å². The minimum Gasteiger partial charge on any atom is -0.478 e. The third kappa shape index (κ3) is 2.57. The quantitative estimate of drug-likeness (QED) is 0.900. The average Bonchev–Trinajstić information content (AvgIpc) is 2.35. The Kier molecular flexibility index (Phi) is 3.26. The van der Waals surface area contributed by atoms with E-state index in [-0.39, 0.29) is 5.75 Å². The topological polar surface area (TPSA) is 46.5 Å². The number of aliphatic carboxylic acids is 1. The molecule has 0 aliphatic carbocycles. The van der Waals surface area contributed by atoms with Crippen molar-refractivity contribution in [3.05, 3.63) is 34.9 Å². The number of rotatable bonds is 2. The van der Waals surface area contributed by atoms with Crippen LogP contribution < -0.4 is 4.74 Å². The van der Waals surface area contributed by atoms with Gasteiger partial charge in [0.1, 0.15) is 5.75 Å². The molecule has 0 saturated heterocycles. The maximum atomic E-state index is 12.8. The molecule has 3 nitrogen and oxygen atoms in total. The first-order chi connectivity index (χ1) is 8.82. The summed E-state index contributed by atoms with van der Waals surface area (Å²) in [5, 5.41) is 8.88. The lowest BCUT2D eigenvalue weighted by atomic mass is 9.99. The van der Waals surface area contributed by atoms with Gasteiger partial charge in [-0.25, -0.2) is 4.79 Å². The molecule has 6 heteroatoms. The van der Waals surface area contributed by atoms with Gasteiger partial charge in [-0.05, 0) is 30.2 Å². The third-order valence-corrected chi connectivity index (χ3v) is 2.86. The fraction of sp³-hybridized carbons (Fsp3) is 0.308. The highest BCUT2D eigenvalue weighted by Gasteiger charge is 2.48. The Morgan fingerprint density at radius 1 is 1.42 bits per heavy atom. The van der Waals surface area contributed by atoms with Crippen molar-refractivity contribution in [2.75, 3.05) is 0 Å². The van der Waals surface area contributed by atoms with E-state index in [1.54, 1.807) is 12.1 Å². The SMILES string of the molecule is CCc1ccc2c(c1)C=C(C(=O)O)[C@H](C(F)(F)F)O2. The summed E-state index contributed by atoms with van der Waals surface area (Å²) in [6.07, 6.45) is -5.46. The minimum atomic E-state index is -4.76. The molecule has 0 unspecified atom stereocenters. The van der Waals surface area contributed by atoms with E-state index >= 15 is 0 Å². The van der Waals surface area contributed by atoms with Crippen LogP contribution >= 0.6 is 0 Å².